The number of fused-ring (bicyclic) bond motifs is 4. The second-order valence-corrected chi connectivity index (χ2v) is 5.90. The molecule has 5 atom stereocenters. The predicted molar refractivity (Wildman–Crippen MR) is 72.4 cm³/mol. The number of aryl methyl sites for hydroxylation is 1. The van der Waals surface area contributed by atoms with Gasteiger partial charge in [0.05, 0.1) is 24.9 Å². The number of aliphatic hydroxyl groups excluding tert-OH is 2. The summed E-state index contributed by atoms with van der Waals surface area (Å²) in [6, 6.07) is 6.43. The molecule has 1 aromatic rings. The minimum Gasteiger partial charge on any atom is -0.389 e. The van der Waals surface area contributed by atoms with Crippen molar-refractivity contribution >= 4 is 5.69 Å². The van der Waals surface area contributed by atoms with Crippen LogP contribution in [0, 0.1) is 0 Å². The van der Waals surface area contributed by atoms with Gasteiger partial charge in [0.1, 0.15) is 6.10 Å². The summed E-state index contributed by atoms with van der Waals surface area (Å²) in [6.45, 7) is 0.397. The van der Waals surface area contributed by atoms with Crippen LogP contribution in [0.3, 0.4) is 0 Å². The van der Waals surface area contributed by atoms with Crippen molar-refractivity contribution in [2.45, 2.75) is 49.9 Å². The quantitative estimate of drug-likeness (QED) is 0.717. The fourth-order valence-electron chi connectivity index (χ4n) is 3.18. The molecule has 3 N–H and O–H groups in total. The molecule has 5 heteroatoms. The molecule has 2 bridgehead atoms. The van der Waals surface area contributed by atoms with Crippen LogP contribution >= 0.6 is 0 Å². The van der Waals surface area contributed by atoms with Crippen LogP contribution < -0.4 is 5.32 Å². The lowest BCUT2D eigenvalue weighted by Gasteiger charge is -2.40. The molecule has 0 amide bonds. The Balaban J connectivity index is 1.52. The van der Waals surface area contributed by atoms with Gasteiger partial charge in [-0.25, -0.2) is 0 Å². The first-order chi connectivity index (χ1) is 9.70. The molecule has 4 rings (SSSR count). The lowest BCUT2D eigenvalue weighted by molar-refractivity contribution is -0.0672. The number of hydrogen-bond donors (Lipinski definition) is 3. The highest BCUT2D eigenvalue weighted by Gasteiger charge is 2.37. The van der Waals surface area contributed by atoms with E-state index in [1.165, 1.54) is 11.1 Å². The number of benzene rings is 1. The first-order valence-electron chi connectivity index (χ1n) is 7.23. The van der Waals surface area contributed by atoms with Gasteiger partial charge in [0.2, 0.25) is 0 Å². The lowest BCUT2D eigenvalue weighted by Crippen LogP contribution is -2.45. The van der Waals surface area contributed by atoms with Gasteiger partial charge in [-0.3, -0.25) is 0 Å². The summed E-state index contributed by atoms with van der Waals surface area (Å²) in [6.07, 6.45) is 1.68. The Labute approximate surface area is 117 Å². The number of epoxide rings is 1. The second kappa shape index (κ2) is 4.70. The molecule has 0 aliphatic carbocycles. The second-order valence-electron chi connectivity index (χ2n) is 5.90. The molecular formula is C15H19NO4. The molecule has 108 valence electrons. The van der Waals surface area contributed by atoms with E-state index in [0.29, 0.717) is 6.61 Å². The highest BCUT2D eigenvalue weighted by Crippen LogP contribution is 2.39. The average Bonchev–Trinajstić information content (AvgIpc) is 3.17. The lowest BCUT2D eigenvalue weighted by atomic mass is 9.88. The maximum Gasteiger partial charge on any atom is 0.181 e. The molecule has 0 spiro atoms. The first kappa shape index (κ1) is 12.6. The van der Waals surface area contributed by atoms with Crippen molar-refractivity contribution in [3.8, 4) is 0 Å². The molecule has 20 heavy (non-hydrogen) atoms. The van der Waals surface area contributed by atoms with Crippen LogP contribution in [-0.2, 0) is 15.9 Å². The van der Waals surface area contributed by atoms with E-state index in [4.69, 9.17) is 14.6 Å². The standard InChI is InChI=1S/C15H19NO4/c17-12-7-19-14-6-11(12)16-10-3-1-8(5-9(10)14)2-4-13-15(18)20-13/h1,3,5,11-18H,2,4,6-7H2/t11-,12-,13?,14-,15?/m1/s1. The zero-order chi connectivity index (χ0) is 13.7. The van der Waals surface area contributed by atoms with Gasteiger partial charge in [0, 0.05) is 17.7 Å². The smallest absolute Gasteiger partial charge is 0.181 e. The van der Waals surface area contributed by atoms with Crippen molar-refractivity contribution in [2.24, 2.45) is 0 Å². The number of rotatable bonds is 3. The van der Waals surface area contributed by atoms with Crippen LogP contribution in [0.15, 0.2) is 18.2 Å². The van der Waals surface area contributed by atoms with Gasteiger partial charge < -0.3 is 25.0 Å². The highest BCUT2D eigenvalue weighted by atomic mass is 16.7. The van der Waals surface area contributed by atoms with Gasteiger partial charge in [-0.05, 0) is 24.5 Å². The molecule has 5 nitrogen and oxygen atoms in total. The normalized spacial score (nSPS) is 38.0. The van der Waals surface area contributed by atoms with Gasteiger partial charge in [-0.15, -0.1) is 0 Å². The molecule has 0 radical (unpaired) electrons. The predicted octanol–water partition coefficient (Wildman–Crippen LogP) is 0.953. The first-order valence-corrected chi connectivity index (χ1v) is 7.23. The van der Waals surface area contributed by atoms with E-state index < -0.39 is 12.4 Å². The minimum atomic E-state index is -0.557. The van der Waals surface area contributed by atoms with E-state index >= 15 is 0 Å². The molecule has 2 fully saturated rings. The maximum atomic E-state index is 9.85. The SMILES string of the molecule is OC1OC1CCc1ccc2c(c1)[C@H]1C[C@@H](N2)[C@H](O)CO1. The molecule has 0 saturated carbocycles. The van der Waals surface area contributed by atoms with Gasteiger partial charge in [-0.2, -0.15) is 0 Å². The Kier molecular flexibility index (Phi) is 2.96. The van der Waals surface area contributed by atoms with Crippen molar-refractivity contribution in [1.82, 2.24) is 0 Å². The van der Waals surface area contributed by atoms with E-state index in [9.17, 15) is 5.11 Å². The fourth-order valence-corrected chi connectivity index (χ4v) is 3.18. The third-order valence-corrected chi connectivity index (χ3v) is 4.48. The van der Waals surface area contributed by atoms with Crippen molar-refractivity contribution in [3.63, 3.8) is 0 Å². The topological polar surface area (TPSA) is 74.2 Å². The van der Waals surface area contributed by atoms with E-state index in [0.717, 1.165) is 24.9 Å². The Morgan fingerprint density at radius 3 is 2.95 bits per heavy atom. The third kappa shape index (κ3) is 2.20. The monoisotopic (exact) mass is 277 g/mol. The van der Waals surface area contributed by atoms with Crippen LogP contribution in [0.1, 0.15) is 30.1 Å². The largest absolute Gasteiger partial charge is 0.389 e. The fraction of sp³-hybridized carbons (Fsp3) is 0.600. The number of ether oxygens (including phenoxy) is 2. The summed E-state index contributed by atoms with van der Waals surface area (Å²) in [5, 5.41) is 22.4. The van der Waals surface area contributed by atoms with Crippen LogP contribution in [-0.4, -0.2) is 41.4 Å². The summed E-state index contributed by atoms with van der Waals surface area (Å²) in [4.78, 5) is 0. The molecule has 2 saturated heterocycles. The summed E-state index contributed by atoms with van der Waals surface area (Å²) in [5.74, 6) is 0. The molecule has 2 unspecified atom stereocenters. The van der Waals surface area contributed by atoms with E-state index in [-0.39, 0.29) is 18.2 Å². The highest BCUT2D eigenvalue weighted by molar-refractivity contribution is 5.57. The number of hydrogen-bond acceptors (Lipinski definition) is 5. The van der Waals surface area contributed by atoms with Crippen LogP contribution in [0.2, 0.25) is 0 Å². The molecule has 0 aromatic heterocycles. The van der Waals surface area contributed by atoms with E-state index in [2.05, 4.69) is 23.5 Å². The van der Waals surface area contributed by atoms with Gasteiger partial charge >= 0.3 is 0 Å². The maximum absolute atomic E-state index is 9.85. The van der Waals surface area contributed by atoms with Gasteiger partial charge in [-0.1, -0.05) is 12.1 Å². The summed E-state index contributed by atoms with van der Waals surface area (Å²) < 4.78 is 10.8. The Hall–Kier alpha value is -1.14. The van der Waals surface area contributed by atoms with Crippen LogP contribution in [0.5, 0.6) is 0 Å². The number of aliphatic hydroxyl groups is 2. The van der Waals surface area contributed by atoms with E-state index in [1.807, 2.05) is 0 Å². The van der Waals surface area contributed by atoms with Crippen molar-refractivity contribution in [1.29, 1.82) is 0 Å². The minimum absolute atomic E-state index is 0.00890. The van der Waals surface area contributed by atoms with Crippen molar-refractivity contribution < 1.29 is 19.7 Å². The molecule has 3 aliphatic heterocycles. The zero-order valence-electron chi connectivity index (χ0n) is 11.2. The zero-order valence-corrected chi connectivity index (χ0v) is 11.2. The molecule has 3 aliphatic rings. The van der Waals surface area contributed by atoms with Crippen molar-refractivity contribution in [2.75, 3.05) is 11.9 Å². The Bertz CT molecular complexity index is 521. The van der Waals surface area contributed by atoms with Gasteiger partial charge in [0.25, 0.3) is 0 Å². The van der Waals surface area contributed by atoms with Crippen LogP contribution in [0.25, 0.3) is 0 Å². The summed E-state index contributed by atoms with van der Waals surface area (Å²) in [5.41, 5.74) is 3.49. The Morgan fingerprint density at radius 1 is 1.30 bits per heavy atom. The molecular weight excluding hydrogens is 258 g/mol. The average molecular weight is 277 g/mol. The summed E-state index contributed by atoms with van der Waals surface area (Å²) >= 11 is 0. The van der Waals surface area contributed by atoms with E-state index in [1.54, 1.807) is 0 Å². The summed E-state index contributed by atoms with van der Waals surface area (Å²) in [7, 11) is 0. The molecule has 1 aromatic carbocycles. The number of nitrogens with one attached hydrogen (secondary N) is 1. The Morgan fingerprint density at radius 2 is 2.15 bits per heavy atom. The number of anilines is 1. The van der Waals surface area contributed by atoms with Crippen molar-refractivity contribution in [3.05, 3.63) is 29.3 Å². The van der Waals surface area contributed by atoms with Gasteiger partial charge in [0.15, 0.2) is 6.29 Å². The van der Waals surface area contributed by atoms with Crippen LogP contribution in [0.4, 0.5) is 5.69 Å². The molecule has 3 heterocycles. The third-order valence-electron chi connectivity index (χ3n) is 4.48.